The van der Waals surface area contributed by atoms with E-state index >= 15 is 0 Å². The molecule has 0 bridgehead atoms. The van der Waals surface area contributed by atoms with E-state index in [-0.39, 0.29) is 24.3 Å². The van der Waals surface area contributed by atoms with Crippen LogP contribution in [0.5, 0.6) is 5.75 Å². The molecule has 0 fully saturated rings. The zero-order chi connectivity index (χ0) is 19.1. The molecular weight excluding hydrogens is 332 g/mol. The third kappa shape index (κ3) is 4.61. The van der Waals surface area contributed by atoms with Crippen LogP contribution in [-0.2, 0) is 9.53 Å². The Morgan fingerprint density at radius 2 is 1.92 bits per heavy atom. The SMILES string of the molecule is Cc1ccc(C(=O)OC(C)C(=O)N(CCC#N)c2ccccc2)cc1O. The lowest BCUT2D eigenvalue weighted by Gasteiger charge is -2.25. The van der Waals surface area contributed by atoms with Gasteiger partial charge < -0.3 is 14.7 Å². The van der Waals surface area contributed by atoms with E-state index in [1.165, 1.54) is 24.0 Å². The van der Waals surface area contributed by atoms with Crippen molar-refractivity contribution in [2.45, 2.75) is 26.4 Å². The molecule has 6 nitrogen and oxygen atoms in total. The number of aryl methyl sites for hydroxylation is 1. The summed E-state index contributed by atoms with van der Waals surface area (Å²) < 4.78 is 5.25. The van der Waals surface area contributed by atoms with E-state index in [1.54, 1.807) is 37.3 Å². The summed E-state index contributed by atoms with van der Waals surface area (Å²) in [5.41, 5.74) is 1.43. The van der Waals surface area contributed by atoms with Gasteiger partial charge in [-0.15, -0.1) is 0 Å². The third-order valence-electron chi connectivity index (χ3n) is 3.86. The van der Waals surface area contributed by atoms with E-state index in [0.29, 0.717) is 11.3 Å². The number of amides is 1. The van der Waals surface area contributed by atoms with Crippen molar-refractivity contribution >= 4 is 17.6 Å². The molecule has 0 saturated heterocycles. The summed E-state index contributed by atoms with van der Waals surface area (Å²) in [6.45, 7) is 3.40. The second-order valence-corrected chi connectivity index (χ2v) is 5.78. The van der Waals surface area contributed by atoms with Crippen molar-refractivity contribution in [2.75, 3.05) is 11.4 Å². The van der Waals surface area contributed by atoms with Gasteiger partial charge in [0.15, 0.2) is 6.10 Å². The second-order valence-electron chi connectivity index (χ2n) is 5.78. The highest BCUT2D eigenvalue weighted by Crippen LogP contribution is 2.20. The molecule has 0 saturated carbocycles. The molecule has 0 aromatic heterocycles. The van der Waals surface area contributed by atoms with E-state index < -0.39 is 18.0 Å². The molecule has 0 spiro atoms. The molecule has 1 N–H and O–H groups in total. The number of rotatable bonds is 6. The van der Waals surface area contributed by atoms with Gasteiger partial charge in [0, 0.05) is 12.2 Å². The number of esters is 1. The van der Waals surface area contributed by atoms with Crippen LogP contribution >= 0.6 is 0 Å². The Labute approximate surface area is 152 Å². The van der Waals surface area contributed by atoms with Gasteiger partial charge >= 0.3 is 5.97 Å². The predicted octanol–water partition coefficient (Wildman–Crippen LogP) is 3.19. The second kappa shape index (κ2) is 8.67. The first-order chi connectivity index (χ1) is 12.4. The van der Waals surface area contributed by atoms with Crippen LogP contribution in [0.15, 0.2) is 48.5 Å². The summed E-state index contributed by atoms with van der Waals surface area (Å²) in [4.78, 5) is 26.4. The number of anilines is 1. The number of carbonyl (C=O) groups is 2. The van der Waals surface area contributed by atoms with Crippen LogP contribution in [0, 0.1) is 18.3 Å². The van der Waals surface area contributed by atoms with Gasteiger partial charge in [-0.05, 0) is 43.7 Å². The number of phenolic OH excluding ortho intramolecular Hbond substituents is 1. The van der Waals surface area contributed by atoms with Gasteiger partial charge in [-0.1, -0.05) is 24.3 Å². The van der Waals surface area contributed by atoms with Gasteiger partial charge in [0.25, 0.3) is 5.91 Å². The van der Waals surface area contributed by atoms with E-state index in [1.807, 2.05) is 12.1 Å². The first kappa shape index (κ1) is 19.0. The quantitative estimate of drug-likeness (QED) is 0.806. The van der Waals surface area contributed by atoms with E-state index in [4.69, 9.17) is 10.00 Å². The lowest BCUT2D eigenvalue weighted by atomic mass is 10.1. The fourth-order valence-electron chi connectivity index (χ4n) is 2.37. The lowest BCUT2D eigenvalue weighted by molar-refractivity contribution is -0.126. The summed E-state index contributed by atoms with van der Waals surface area (Å²) in [5, 5.41) is 18.5. The van der Waals surface area contributed by atoms with Crippen LogP contribution < -0.4 is 4.90 Å². The van der Waals surface area contributed by atoms with Crippen LogP contribution in [0.1, 0.15) is 29.3 Å². The Bertz CT molecular complexity index is 827. The van der Waals surface area contributed by atoms with Crippen molar-refractivity contribution in [2.24, 2.45) is 0 Å². The van der Waals surface area contributed by atoms with Crippen molar-refractivity contribution in [3.63, 3.8) is 0 Å². The van der Waals surface area contributed by atoms with Crippen molar-refractivity contribution in [3.8, 4) is 11.8 Å². The maximum absolute atomic E-state index is 12.7. The first-order valence-corrected chi connectivity index (χ1v) is 8.18. The first-order valence-electron chi connectivity index (χ1n) is 8.18. The number of hydrogen-bond donors (Lipinski definition) is 1. The Balaban J connectivity index is 2.13. The van der Waals surface area contributed by atoms with Crippen LogP contribution in [0.2, 0.25) is 0 Å². The minimum Gasteiger partial charge on any atom is -0.508 e. The molecule has 1 amide bonds. The van der Waals surface area contributed by atoms with E-state index in [0.717, 1.165) is 0 Å². The molecule has 134 valence electrons. The lowest BCUT2D eigenvalue weighted by Crippen LogP contribution is -2.40. The number of carbonyl (C=O) groups excluding carboxylic acids is 2. The van der Waals surface area contributed by atoms with Gasteiger partial charge in [0.1, 0.15) is 5.75 Å². The molecule has 1 unspecified atom stereocenters. The third-order valence-corrected chi connectivity index (χ3v) is 3.86. The summed E-state index contributed by atoms with van der Waals surface area (Å²) >= 11 is 0. The molecule has 26 heavy (non-hydrogen) atoms. The molecule has 0 aliphatic heterocycles. The normalized spacial score (nSPS) is 11.3. The van der Waals surface area contributed by atoms with Crippen LogP contribution in [0.25, 0.3) is 0 Å². The Hall–Kier alpha value is -3.33. The number of nitriles is 1. The number of benzene rings is 2. The van der Waals surface area contributed by atoms with Crippen molar-refractivity contribution in [1.82, 2.24) is 0 Å². The van der Waals surface area contributed by atoms with E-state index in [2.05, 4.69) is 0 Å². The van der Waals surface area contributed by atoms with Gasteiger partial charge in [0.05, 0.1) is 18.1 Å². The minimum atomic E-state index is -1.04. The summed E-state index contributed by atoms with van der Waals surface area (Å²) in [7, 11) is 0. The number of nitrogens with zero attached hydrogens (tertiary/aromatic N) is 2. The van der Waals surface area contributed by atoms with E-state index in [9.17, 15) is 14.7 Å². The molecule has 0 heterocycles. The monoisotopic (exact) mass is 352 g/mol. The predicted molar refractivity (Wildman–Crippen MR) is 96.7 cm³/mol. The average Bonchev–Trinajstić information content (AvgIpc) is 2.64. The standard InChI is InChI=1S/C20H20N2O4/c1-14-9-10-16(13-18(14)23)20(25)26-15(2)19(24)22(12-6-11-21)17-7-4-3-5-8-17/h3-5,7-10,13,15,23H,6,12H2,1-2H3. The molecule has 0 aliphatic carbocycles. The summed E-state index contributed by atoms with van der Waals surface area (Å²) in [5.74, 6) is -1.14. The smallest absolute Gasteiger partial charge is 0.339 e. The average molecular weight is 352 g/mol. The number of hydrogen-bond acceptors (Lipinski definition) is 5. The summed E-state index contributed by atoms with van der Waals surface area (Å²) in [6.07, 6.45) is -0.877. The van der Waals surface area contributed by atoms with Crippen LogP contribution in [-0.4, -0.2) is 29.6 Å². The van der Waals surface area contributed by atoms with Crippen molar-refractivity contribution < 1.29 is 19.4 Å². The maximum atomic E-state index is 12.7. The highest BCUT2D eigenvalue weighted by molar-refractivity contribution is 5.99. The molecule has 2 aromatic carbocycles. The van der Waals surface area contributed by atoms with Gasteiger partial charge in [-0.2, -0.15) is 5.26 Å². The molecule has 0 radical (unpaired) electrons. The Morgan fingerprint density at radius 1 is 1.23 bits per heavy atom. The fraction of sp³-hybridized carbons (Fsp3) is 0.250. The Kier molecular flexibility index (Phi) is 6.34. The number of phenols is 1. The summed E-state index contributed by atoms with van der Waals surface area (Å²) in [6, 6.07) is 15.3. The van der Waals surface area contributed by atoms with Crippen LogP contribution in [0.4, 0.5) is 5.69 Å². The minimum absolute atomic E-state index is 0.0154. The zero-order valence-electron chi connectivity index (χ0n) is 14.7. The van der Waals surface area contributed by atoms with Gasteiger partial charge in [-0.25, -0.2) is 4.79 Å². The van der Waals surface area contributed by atoms with Gasteiger partial charge in [0.2, 0.25) is 0 Å². The Morgan fingerprint density at radius 3 is 2.54 bits per heavy atom. The molecule has 2 aromatic rings. The number of para-hydroxylation sites is 1. The van der Waals surface area contributed by atoms with Crippen molar-refractivity contribution in [1.29, 1.82) is 5.26 Å². The number of aromatic hydroxyl groups is 1. The fourth-order valence-corrected chi connectivity index (χ4v) is 2.37. The largest absolute Gasteiger partial charge is 0.508 e. The molecule has 1 atom stereocenters. The van der Waals surface area contributed by atoms with Crippen molar-refractivity contribution in [3.05, 3.63) is 59.7 Å². The number of ether oxygens (including phenoxy) is 1. The maximum Gasteiger partial charge on any atom is 0.339 e. The topological polar surface area (TPSA) is 90.6 Å². The highest BCUT2D eigenvalue weighted by Gasteiger charge is 2.25. The van der Waals surface area contributed by atoms with Crippen LogP contribution in [0.3, 0.4) is 0 Å². The molecule has 0 aliphatic rings. The highest BCUT2D eigenvalue weighted by atomic mass is 16.5. The molecule has 6 heteroatoms. The van der Waals surface area contributed by atoms with Gasteiger partial charge in [-0.3, -0.25) is 4.79 Å². The molecule has 2 rings (SSSR count). The molecular formula is C20H20N2O4. The zero-order valence-corrected chi connectivity index (χ0v) is 14.7.